The molecule has 0 amide bonds. The maximum Gasteiger partial charge on any atom is 0.260 e. The number of rotatable bonds is 4. The number of hydrogen-bond acceptors (Lipinski definition) is 5. The summed E-state index contributed by atoms with van der Waals surface area (Å²) in [5.41, 5.74) is 5.14. The van der Waals surface area contributed by atoms with E-state index in [9.17, 15) is 26.7 Å². The van der Waals surface area contributed by atoms with Gasteiger partial charge in [-0.05, 0) is 17.7 Å². The Morgan fingerprint density at radius 3 is 2.38 bits per heavy atom. The third-order valence-electron chi connectivity index (χ3n) is 3.87. The van der Waals surface area contributed by atoms with Crippen molar-refractivity contribution in [1.29, 1.82) is 0 Å². The number of nitrogen functional groups attached to an aromatic ring is 1. The maximum atomic E-state index is 13.7. The van der Waals surface area contributed by atoms with Gasteiger partial charge in [-0.15, -0.1) is 0 Å². The van der Waals surface area contributed by atoms with Crippen molar-refractivity contribution in [1.82, 2.24) is 15.3 Å². The summed E-state index contributed by atoms with van der Waals surface area (Å²) in [5, 5.41) is 3.08. The number of anilines is 1. The molecule has 12 heteroatoms. The molecule has 0 unspecified atom stereocenters. The van der Waals surface area contributed by atoms with E-state index in [-0.39, 0.29) is 16.8 Å². The van der Waals surface area contributed by atoms with Gasteiger partial charge in [0.05, 0.1) is 10.9 Å². The molecular weight excluding hydrogens is 435 g/mol. The van der Waals surface area contributed by atoms with Gasteiger partial charge < -0.3 is 11.1 Å². The average Bonchev–Trinajstić information content (AvgIpc) is 2.69. The van der Waals surface area contributed by atoms with Crippen LogP contribution in [0, 0.1) is 29.1 Å². The number of nitrogens with one attached hydrogen (secondary N) is 2. The highest BCUT2D eigenvalue weighted by Gasteiger charge is 2.25. The largest absolute Gasteiger partial charge is 0.369 e. The van der Waals surface area contributed by atoms with E-state index >= 15 is 0 Å². The summed E-state index contributed by atoms with van der Waals surface area (Å²) >= 11 is 5.71. The topological polar surface area (TPSA) is 83.8 Å². The lowest BCUT2D eigenvalue weighted by atomic mass is 10.1. The van der Waals surface area contributed by atoms with Crippen LogP contribution in [0.15, 0.2) is 23.0 Å². The first kappa shape index (κ1) is 21.0. The lowest BCUT2D eigenvalue weighted by Crippen LogP contribution is -2.19. The Morgan fingerprint density at radius 2 is 1.72 bits per heavy atom. The zero-order valence-electron chi connectivity index (χ0n) is 14.3. The Labute approximate surface area is 169 Å². The van der Waals surface area contributed by atoms with Gasteiger partial charge in [-0.2, -0.15) is 0 Å². The van der Waals surface area contributed by atoms with Crippen LogP contribution in [0.2, 0.25) is 0 Å². The van der Waals surface area contributed by atoms with Gasteiger partial charge in [0.15, 0.2) is 23.3 Å². The lowest BCUT2D eigenvalue weighted by Gasteiger charge is -2.10. The van der Waals surface area contributed by atoms with E-state index in [1.807, 2.05) is 0 Å². The van der Waals surface area contributed by atoms with E-state index in [1.54, 1.807) is 18.2 Å². The fourth-order valence-electron chi connectivity index (χ4n) is 2.45. The van der Waals surface area contributed by atoms with Crippen LogP contribution in [0.3, 0.4) is 0 Å². The molecule has 0 aliphatic heterocycles. The summed E-state index contributed by atoms with van der Waals surface area (Å²) in [6, 6.07) is 4.81. The van der Waals surface area contributed by atoms with E-state index in [0.29, 0.717) is 28.2 Å². The van der Waals surface area contributed by atoms with E-state index in [0.717, 1.165) is 0 Å². The highest BCUT2D eigenvalue weighted by Crippen LogP contribution is 2.26. The zero-order chi connectivity index (χ0) is 21.3. The van der Waals surface area contributed by atoms with Crippen LogP contribution < -0.4 is 16.6 Å². The second-order valence-electron chi connectivity index (χ2n) is 5.78. The van der Waals surface area contributed by atoms with Crippen LogP contribution >= 0.6 is 24.0 Å². The van der Waals surface area contributed by atoms with Crippen molar-refractivity contribution >= 4 is 45.2 Å². The van der Waals surface area contributed by atoms with Crippen LogP contribution in [0.4, 0.5) is 27.9 Å². The molecule has 0 fully saturated rings. The Balaban J connectivity index is 1.67. The molecule has 1 heterocycles. The molecule has 3 aromatic rings. The highest BCUT2D eigenvalue weighted by atomic mass is 32.2. The number of fused-ring (bicyclic) bond motifs is 1. The molecule has 2 aromatic carbocycles. The third kappa shape index (κ3) is 4.32. The standard InChI is InChI=1S/C17H11F5N4OS2/c18-10-8(11(19)13(21)14(22)12(10)20)5-29-17(28)24-4-6-1-2-9-7(3-6)15(27)26-16(23)25-9/h1-3H,4-5H2,(H,24,28)(H3,23,25,26,27). The van der Waals surface area contributed by atoms with Gasteiger partial charge in [-0.25, -0.2) is 26.9 Å². The molecule has 4 N–H and O–H groups in total. The Morgan fingerprint density at radius 1 is 1.10 bits per heavy atom. The fourth-order valence-corrected chi connectivity index (χ4v) is 3.41. The smallest absolute Gasteiger partial charge is 0.260 e. The van der Waals surface area contributed by atoms with Crippen LogP contribution in [0.5, 0.6) is 0 Å². The minimum atomic E-state index is -2.21. The molecule has 29 heavy (non-hydrogen) atoms. The number of nitrogens with two attached hydrogens (primary N) is 1. The van der Waals surface area contributed by atoms with Crippen LogP contribution in [-0.4, -0.2) is 14.3 Å². The van der Waals surface area contributed by atoms with E-state index in [4.69, 9.17) is 18.0 Å². The molecule has 0 saturated heterocycles. The number of thiocarbonyl (C=S) groups is 1. The summed E-state index contributed by atoms with van der Waals surface area (Å²) in [5.74, 6) is -10.6. The maximum absolute atomic E-state index is 13.7. The van der Waals surface area contributed by atoms with Crippen molar-refractivity contribution in [2.75, 3.05) is 5.73 Å². The number of halogens is 5. The molecule has 152 valence electrons. The second-order valence-corrected chi connectivity index (χ2v) is 7.43. The predicted octanol–water partition coefficient (Wildman–Crippen LogP) is 3.51. The van der Waals surface area contributed by atoms with Crippen molar-refractivity contribution in [3.63, 3.8) is 0 Å². The van der Waals surface area contributed by atoms with Crippen LogP contribution in [0.1, 0.15) is 11.1 Å². The zero-order valence-corrected chi connectivity index (χ0v) is 15.9. The van der Waals surface area contributed by atoms with Crippen LogP contribution in [0.25, 0.3) is 10.9 Å². The summed E-state index contributed by atoms with van der Waals surface area (Å²) in [6.45, 7) is 0.155. The minimum absolute atomic E-state index is 0.0147. The predicted molar refractivity (Wildman–Crippen MR) is 104 cm³/mol. The molecule has 0 aliphatic carbocycles. The van der Waals surface area contributed by atoms with E-state index < -0.39 is 46.0 Å². The number of aromatic amines is 1. The second kappa shape index (κ2) is 8.33. The van der Waals surface area contributed by atoms with E-state index in [2.05, 4.69) is 15.3 Å². The van der Waals surface area contributed by atoms with Crippen LogP contribution in [-0.2, 0) is 12.3 Å². The summed E-state index contributed by atoms with van der Waals surface area (Å²) in [4.78, 5) is 18.3. The van der Waals surface area contributed by atoms with Crippen molar-refractivity contribution < 1.29 is 22.0 Å². The molecule has 1 aromatic heterocycles. The highest BCUT2D eigenvalue weighted by molar-refractivity contribution is 8.22. The number of benzene rings is 2. The number of H-pyrrole nitrogens is 1. The number of nitrogens with zero attached hydrogens (tertiary/aromatic N) is 1. The van der Waals surface area contributed by atoms with Crippen molar-refractivity contribution in [2.24, 2.45) is 0 Å². The van der Waals surface area contributed by atoms with Gasteiger partial charge in [-0.3, -0.25) is 9.78 Å². The monoisotopic (exact) mass is 446 g/mol. The van der Waals surface area contributed by atoms with Gasteiger partial charge in [0, 0.05) is 17.9 Å². The third-order valence-corrected chi connectivity index (χ3v) is 5.21. The van der Waals surface area contributed by atoms with Gasteiger partial charge in [0.1, 0.15) is 4.32 Å². The lowest BCUT2D eigenvalue weighted by molar-refractivity contribution is 0.372. The number of hydrogen-bond donors (Lipinski definition) is 3. The Bertz CT molecular complexity index is 1160. The number of aromatic nitrogens is 2. The van der Waals surface area contributed by atoms with Crippen molar-refractivity contribution in [3.8, 4) is 0 Å². The first-order valence-corrected chi connectivity index (χ1v) is 9.27. The Kier molecular flexibility index (Phi) is 6.03. The molecule has 0 radical (unpaired) electrons. The SMILES string of the molecule is Nc1nc2ccc(CNC(=S)SCc3c(F)c(F)c(F)c(F)c3F)cc2c(=O)[nH]1. The van der Waals surface area contributed by atoms with Crippen molar-refractivity contribution in [2.45, 2.75) is 12.3 Å². The summed E-state index contributed by atoms with van der Waals surface area (Å²) in [6.07, 6.45) is 0. The van der Waals surface area contributed by atoms with Gasteiger partial charge in [-0.1, -0.05) is 30.0 Å². The van der Waals surface area contributed by atoms with E-state index in [1.165, 1.54) is 0 Å². The number of thioether (sulfide) groups is 1. The molecule has 0 saturated carbocycles. The van der Waals surface area contributed by atoms with Gasteiger partial charge in [0.25, 0.3) is 5.56 Å². The minimum Gasteiger partial charge on any atom is -0.369 e. The molecule has 3 rings (SSSR count). The molecule has 0 atom stereocenters. The fraction of sp³-hybridized carbons (Fsp3) is 0.118. The van der Waals surface area contributed by atoms with Crippen molar-refractivity contribution in [3.05, 3.63) is 68.8 Å². The molecule has 0 bridgehead atoms. The summed E-state index contributed by atoms with van der Waals surface area (Å²) < 4.78 is 66.9. The van der Waals surface area contributed by atoms with Gasteiger partial charge in [0.2, 0.25) is 11.8 Å². The first-order chi connectivity index (χ1) is 13.7. The van der Waals surface area contributed by atoms with Gasteiger partial charge >= 0.3 is 0 Å². The first-order valence-electron chi connectivity index (χ1n) is 7.88. The quantitative estimate of drug-likeness (QED) is 0.246. The molecule has 0 aliphatic rings. The summed E-state index contributed by atoms with van der Waals surface area (Å²) in [7, 11) is 0. The molecule has 5 nitrogen and oxygen atoms in total. The Hall–Kier alpha value is -2.73. The average molecular weight is 446 g/mol. The molecule has 0 spiro atoms. The normalized spacial score (nSPS) is 11.1. The molecular formula is C17H11F5N4OS2.